The number of carbonyl (C=O) groups is 2. The molecule has 2 aromatic rings. The van der Waals surface area contributed by atoms with E-state index in [2.05, 4.69) is 5.32 Å². The zero-order valence-corrected chi connectivity index (χ0v) is 13.7. The molecule has 1 aliphatic carbocycles. The first kappa shape index (κ1) is 16.5. The largest absolute Gasteiger partial charge is 0.480 e. The van der Waals surface area contributed by atoms with Crippen LogP contribution in [-0.4, -0.2) is 23.0 Å². The topological polar surface area (TPSA) is 66.4 Å². The number of hydrogen-bond donors (Lipinski definition) is 2. The maximum absolute atomic E-state index is 12.4. The molecule has 4 nitrogen and oxygen atoms in total. The smallest absolute Gasteiger partial charge is 0.326 e. The molecule has 0 radical (unpaired) electrons. The maximum Gasteiger partial charge on any atom is 0.326 e. The Morgan fingerprint density at radius 2 is 1.75 bits per heavy atom. The van der Waals surface area contributed by atoms with Crippen LogP contribution in [0.2, 0.25) is 0 Å². The highest BCUT2D eigenvalue weighted by atomic mass is 16.4. The normalized spacial score (nSPS) is 16.7. The van der Waals surface area contributed by atoms with Crippen LogP contribution < -0.4 is 5.32 Å². The minimum atomic E-state index is -0.980. The van der Waals surface area contributed by atoms with Crippen molar-refractivity contribution < 1.29 is 14.7 Å². The molecule has 1 amide bonds. The van der Waals surface area contributed by atoms with Crippen LogP contribution in [0.5, 0.6) is 0 Å². The third kappa shape index (κ3) is 3.75. The number of benzene rings is 2. The Hall–Kier alpha value is -2.36. The molecule has 0 saturated heterocycles. The van der Waals surface area contributed by atoms with E-state index in [0.717, 1.165) is 42.0 Å². The van der Waals surface area contributed by atoms with E-state index in [9.17, 15) is 14.7 Å². The van der Waals surface area contributed by atoms with Gasteiger partial charge < -0.3 is 10.4 Å². The van der Waals surface area contributed by atoms with E-state index >= 15 is 0 Å². The Bertz CT molecular complexity index is 729. The highest BCUT2D eigenvalue weighted by molar-refractivity contribution is 5.88. The fraction of sp³-hybridized carbons (Fsp3) is 0.400. The maximum atomic E-state index is 12.4. The second-order valence-electron chi connectivity index (χ2n) is 6.58. The molecule has 0 bridgehead atoms. The number of carbonyl (C=O) groups excluding carboxylic acids is 1. The van der Waals surface area contributed by atoms with Gasteiger partial charge in [-0.3, -0.25) is 4.79 Å². The van der Waals surface area contributed by atoms with Crippen molar-refractivity contribution >= 4 is 22.6 Å². The van der Waals surface area contributed by atoms with Crippen LogP contribution in [0.15, 0.2) is 42.5 Å². The van der Waals surface area contributed by atoms with Crippen LogP contribution in [-0.2, 0) is 16.0 Å². The summed E-state index contributed by atoms with van der Waals surface area (Å²) < 4.78 is 0. The lowest BCUT2D eigenvalue weighted by Crippen LogP contribution is -2.45. The summed E-state index contributed by atoms with van der Waals surface area (Å²) in [5, 5.41) is 14.4. The molecule has 4 heteroatoms. The van der Waals surface area contributed by atoms with Crippen molar-refractivity contribution in [1.29, 1.82) is 0 Å². The van der Waals surface area contributed by atoms with Gasteiger partial charge in [0.1, 0.15) is 6.04 Å². The van der Waals surface area contributed by atoms with Gasteiger partial charge in [0.2, 0.25) is 5.91 Å². The highest BCUT2D eigenvalue weighted by Crippen LogP contribution is 2.24. The molecule has 1 saturated carbocycles. The van der Waals surface area contributed by atoms with Crippen molar-refractivity contribution in [3.8, 4) is 0 Å². The lowest BCUT2D eigenvalue weighted by atomic mass is 9.88. The van der Waals surface area contributed by atoms with Gasteiger partial charge in [-0.2, -0.15) is 0 Å². The van der Waals surface area contributed by atoms with Gasteiger partial charge in [0.15, 0.2) is 0 Å². The summed E-state index contributed by atoms with van der Waals surface area (Å²) in [6.07, 6.45) is 5.31. The fourth-order valence-corrected chi connectivity index (χ4v) is 3.54. The first-order valence-electron chi connectivity index (χ1n) is 8.65. The monoisotopic (exact) mass is 325 g/mol. The predicted molar refractivity (Wildman–Crippen MR) is 93.8 cm³/mol. The minimum absolute atomic E-state index is 0.0342. The lowest BCUT2D eigenvalue weighted by Gasteiger charge is -2.23. The molecule has 126 valence electrons. The second kappa shape index (κ2) is 7.47. The number of hydrogen-bond acceptors (Lipinski definition) is 2. The average molecular weight is 325 g/mol. The molecule has 1 atom stereocenters. The van der Waals surface area contributed by atoms with Crippen molar-refractivity contribution in [3.05, 3.63) is 48.0 Å². The van der Waals surface area contributed by atoms with E-state index < -0.39 is 12.0 Å². The molecule has 0 aliphatic heterocycles. The highest BCUT2D eigenvalue weighted by Gasteiger charge is 2.26. The third-order valence-corrected chi connectivity index (χ3v) is 4.89. The Morgan fingerprint density at radius 1 is 1.04 bits per heavy atom. The van der Waals surface area contributed by atoms with E-state index in [-0.39, 0.29) is 11.8 Å². The fourth-order valence-electron chi connectivity index (χ4n) is 3.54. The van der Waals surface area contributed by atoms with Crippen molar-refractivity contribution in [2.75, 3.05) is 0 Å². The minimum Gasteiger partial charge on any atom is -0.480 e. The van der Waals surface area contributed by atoms with E-state index in [4.69, 9.17) is 0 Å². The number of rotatable bonds is 5. The Balaban J connectivity index is 1.76. The van der Waals surface area contributed by atoms with E-state index in [1.165, 1.54) is 6.42 Å². The van der Waals surface area contributed by atoms with Crippen LogP contribution in [0.25, 0.3) is 10.8 Å². The van der Waals surface area contributed by atoms with Gasteiger partial charge in [-0.25, -0.2) is 4.79 Å². The van der Waals surface area contributed by atoms with Gasteiger partial charge in [-0.1, -0.05) is 61.7 Å². The summed E-state index contributed by atoms with van der Waals surface area (Å²) in [4.78, 5) is 24.0. The van der Waals surface area contributed by atoms with Gasteiger partial charge in [-0.05, 0) is 29.2 Å². The van der Waals surface area contributed by atoms with E-state index in [0.29, 0.717) is 6.42 Å². The second-order valence-corrected chi connectivity index (χ2v) is 6.58. The summed E-state index contributed by atoms with van der Waals surface area (Å²) in [6.45, 7) is 0. The van der Waals surface area contributed by atoms with E-state index in [1.54, 1.807) is 0 Å². The Kier molecular flexibility index (Phi) is 5.14. The van der Waals surface area contributed by atoms with Crippen molar-refractivity contribution in [1.82, 2.24) is 5.32 Å². The standard InChI is InChI=1S/C20H23NO3/c22-19(15-8-2-1-3-9-15)21-18(20(23)24)13-16-11-6-10-14-7-4-5-12-17(14)16/h4-7,10-12,15,18H,1-3,8-9,13H2,(H,21,22)(H,23,24)/t18-/m0/s1. The van der Waals surface area contributed by atoms with Crippen LogP contribution >= 0.6 is 0 Å². The van der Waals surface area contributed by atoms with Crippen molar-refractivity contribution in [2.45, 2.75) is 44.6 Å². The van der Waals surface area contributed by atoms with Crippen molar-refractivity contribution in [3.63, 3.8) is 0 Å². The summed E-state index contributed by atoms with van der Waals surface area (Å²) in [5.74, 6) is -1.12. The molecule has 24 heavy (non-hydrogen) atoms. The number of carboxylic acid groups (broad SMARTS) is 1. The Morgan fingerprint density at radius 3 is 2.50 bits per heavy atom. The van der Waals surface area contributed by atoms with Crippen LogP contribution in [0, 0.1) is 5.92 Å². The number of fused-ring (bicyclic) bond motifs is 1. The first-order chi connectivity index (χ1) is 11.6. The van der Waals surface area contributed by atoms with Gasteiger partial charge in [0.05, 0.1) is 0 Å². The average Bonchev–Trinajstić information content (AvgIpc) is 2.62. The molecule has 0 spiro atoms. The number of aliphatic carboxylic acids is 1. The van der Waals surface area contributed by atoms with Gasteiger partial charge in [0.25, 0.3) is 0 Å². The van der Waals surface area contributed by atoms with Crippen LogP contribution in [0.3, 0.4) is 0 Å². The molecule has 3 rings (SSSR count). The number of amides is 1. The molecular weight excluding hydrogens is 302 g/mol. The van der Waals surface area contributed by atoms with Gasteiger partial charge >= 0.3 is 5.97 Å². The van der Waals surface area contributed by atoms with Crippen LogP contribution in [0.1, 0.15) is 37.7 Å². The lowest BCUT2D eigenvalue weighted by molar-refractivity contribution is -0.142. The third-order valence-electron chi connectivity index (χ3n) is 4.89. The predicted octanol–water partition coefficient (Wildman–Crippen LogP) is 3.53. The molecule has 0 unspecified atom stereocenters. The van der Waals surface area contributed by atoms with E-state index in [1.807, 2.05) is 42.5 Å². The van der Waals surface area contributed by atoms with Crippen molar-refractivity contribution in [2.24, 2.45) is 5.92 Å². The summed E-state index contributed by atoms with van der Waals surface area (Å²) in [5.41, 5.74) is 0.949. The quantitative estimate of drug-likeness (QED) is 0.884. The van der Waals surface area contributed by atoms with Gasteiger partial charge in [0, 0.05) is 12.3 Å². The molecule has 2 N–H and O–H groups in total. The Labute approximate surface area is 141 Å². The molecule has 0 aromatic heterocycles. The zero-order valence-electron chi connectivity index (χ0n) is 13.7. The van der Waals surface area contributed by atoms with Crippen LogP contribution in [0.4, 0.5) is 0 Å². The summed E-state index contributed by atoms with van der Waals surface area (Å²) >= 11 is 0. The summed E-state index contributed by atoms with van der Waals surface area (Å²) in [7, 11) is 0. The SMILES string of the molecule is O=C(N[C@@H](Cc1cccc2ccccc12)C(=O)O)C1CCCCC1. The number of carboxylic acids is 1. The van der Waals surface area contributed by atoms with Gasteiger partial charge in [-0.15, -0.1) is 0 Å². The zero-order chi connectivity index (χ0) is 16.9. The number of nitrogens with one attached hydrogen (secondary N) is 1. The molecule has 1 fully saturated rings. The molecule has 2 aromatic carbocycles. The summed E-state index contributed by atoms with van der Waals surface area (Å²) in [6, 6.07) is 12.9. The molecule has 1 aliphatic rings. The molecular formula is C20H23NO3. The first-order valence-corrected chi connectivity index (χ1v) is 8.65. The molecule has 0 heterocycles.